The van der Waals surface area contributed by atoms with E-state index in [1.54, 1.807) is 18.5 Å². The van der Waals surface area contributed by atoms with Crippen molar-refractivity contribution in [2.24, 2.45) is 5.92 Å². The zero-order valence-electron chi connectivity index (χ0n) is 20.5. The summed E-state index contributed by atoms with van der Waals surface area (Å²) in [6.45, 7) is 1.44. The Bertz CT molecular complexity index is 1690. The van der Waals surface area contributed by atoms with E-state index < -0.39 is 0 Å². The molecule has 0 bridgehead atoms. The number of furan rings is 1. The average molecular weight is 511 g/mol. The lowest BCUT2D eigenvalue weighted by atomic mass is 10.1. The molecule has 1 saturated heterocycles. The summed E-state index contributed by atoms with van der Waals surface area (Å²) in [6, 6.07) is 12.4. The van der Waals surface area contributed by atoms with Crippen molar-refractivity contribution in [2.75, 3.05) is 18.4 Å². The highest BCUT2D eigenvalue weighted by Gasteiger charge is 2.35. The smallest absolute Gasteiger partial charge is 0.225 e. The fourth-order valence-corrected chi connectivity index (χ4v) is 5.24. The van der Waals surface area contributed by atoms with Gasteiger partial charge < -0.3 is 24.8 Å². The Hall–Kier alpha value is -4.60. The number of benzene rings is 2. The number of phenolic OH excluding ortho intramolecular Hbond substituents is 2. The van der Waals surface area contributed by atoms with Crippen LogP contribution in [0.1, 0.15) is 25.7 Å². The third kappa shape index (κ3) is 3.98. The lowest BCUT2D eigenvalue weighted by Crippen LogP contribution is -2.45. The predicted octanol–water partition coefficient (Wildman–Crippen LogP) is 4.45. The van der Waals surface area contributed by atoms with Crippen LogP contribution in [0.25, 0.3) is 39.2 Å². The molecule has 4 heterocycles. The second-order valence-electron chi connectivity index (χ2n) is 10.1. The van der Waals surface area contributed by atoms with Crippen LogP contribution in [0.3, 0.4) is 0 Å². The van der Waals surface area contributed by atoms with Crippen molar-refractivity contribution >= 4 is 33.9 Å². The topological polar surface area (TPSA) is 130 Å². The van der Waals surface area contributed by atoms with Gasteiger partial charge in [0.25, 0.3) is 0 Å². The van der Waals surface area contributed by atoms with E-state index in [1.165, 1.54) is 12.1 Å². The molecule has 1 aliphatic heterocycles. The van der Waals surface area contributed by atoms with E-state index >= 15 is 0 Å². The quantitative estimate of drug-likeness (QED) is 0.296. The van der Waals surface area contributed by atoms with Gasteiger partial charge in [-0.25, -0.2) is 9.97 Å². The first-order valence-corrected chi connectivity index (χ1v) is 12.8. The van der Waals surface area contributed by atoms with Crippen LogP contribution in [0.4, 0.5) is 5.95 Å². The highest BCUT2D eigenvalue weighted by Crippen LogP contribution is 2.36. The molecule has 10 heteroatoms. The predicted molar refractivity (Wildman–Crippen MR) is 141 cm³/mol. The number of hydrogen-bond donors (Lipinski definition) is 3. The van der Waals surface area contributed by atoms with Crippen molar-refractivity contribution in [1.29, 1.82) is 0 Å². The number of fused-ring (bicyclic) bond motifs is 2. The molecule has 3 N–H and O–H groups in total. The molecule has 3 aromatic heterocycles. The minimum absolute atomic E-state index is 0.0604. The Balaban J connectivity index is 1.27. The maximum absolute atomic E-state index is 12.6. The molecule has 1 atom stereocenters. The van der Waals surface area contributed by atoms with Gasteiger partial charge in [0.1, 0.15) is 17.2 Å². The number of nitrogens with one attached hydrogen (secondary N) is 1. The summed E-state index contributed by atoms with van der Waals surface area (Å²) in [5.41, 5.74) is 2.69. The SMILES string of the molecule is O=C(C1CC1)N1CCCC(Nc2nccc(-n3c(-c4ccc5occc5c4)nc4cc(O)c(O)cc43)n2)C1. The number of nitrogens with zero attached hydrogens (tertiary/aromatic N) is 5. The van der Waals surface area contributed by atoms with Gasteiger partial charge in [-0.05, 0) is 56.0 Å². The number of aromatic nitrogens is 4. The molecule has 0 spiro atoms. The molecule has 192 valence electrons. The second-order valence-corrected chi connectivity index (χ2v) is 10.1. The Morgan fingerprint density at radius 2 is 1.89 bits per heavy atom. The summed E-state index contributed by atoms with van der Waals surface area (Å²) in [7, 11) is 0. The summed E-state index contributed by atoms with van der Waals surface area (Å²) in [4.78, 5) is 28.6. The molecule has 0 radical (unpaired) electrons. The van der Waals surface area contributed by atoms with Crippen molar-refractivity contribution in [3.8, 4) is 28.7 Å². The van der Waals surface area contributed by atoms with Gasteiger partial charge in [-0.2, -0.15) is 4.98 Å². The van der Waals surface area contributed by atoms with Crippen LogP contribution in [0.5, 0.6) is 11.5 Å². The van der Waals surface area contributed by atoms with Crippen LogP contribution in [0.2, 0.25) is 0 Å². The largest absolute Gasteiger partial charge is 0.504 e. The van der Waals surface area contributed by atoms with E-state index in [2.05, 4.69) is 10.3 Å². The van der Waals surface area contributed by atoms with Crippen LogP contribution in [0.15, 0.2) is 59.3 Å². The van der Waals surface area contributed by atoms with Gasteiger partial charge >= 0.3 is 0 Å². The van der Waals surface area contributed by atoms with Gasteiger partial charge in [0.05, 0.1) is 17.3 Å². The zero-order chi connectivity index (χ0) is 25.8. The minimum atomic E-state index is -0.245. The monoisotopic (exact) mass is 510 g/mol. The molecule has 10 nitrogen and oxygen atoms in total. The molecule has 1 amide bonds. The highest BCUT2D eigenvalue weighted by atomic mass is 16.3. The number of carbonyl (C=O) groups excluding carboxylic acids is 1. The number of anilines is 1. The molecule has 2 fully saturated rings. The number of piperidine rings is 1. The molecule has 1 saturated carbocycles. The van der Waals surface area contributed by atoms with Crippen LogP contribution in [-0.4, -0.2) is 59.7 Å². The second kappa shape index (κ2) is 8.76. The third-order valence-corrected chi connectivity index (χ3v) is 7.32. The number of carbonyl (C=O) groups is 1. The van der Waals surface area contributed by atoms with Gasteiger partial charge in [-0.15, -0.1) is 0 Å². The summed E-state index contributed by atoms with van der Waals surface area (Å²) >= 11 is 0. The van der Waals surface area contributed by atoms with E-state index in [1.807, 2.05) is 33.7 Å². The van der Waals surface area contributed by atoms with E-state index in [9.17, 15) is 15.0 Å². The Labute approximate surface area is 217 Å². The number of rotatable bonds is 5. The summed E-state index contributed by atoms with van der Waals surface area (Å²) in [5, 5.41) is 24.8. The van der Waals surface area contributed by atoms with Crippen molar-refractivity contribution in [3.05, 3.63) is 54.9 Å². The third-order valence-electron chi connectivity index (χ3n) is 7.32. The Kier molecular flexibility index (Phi) is 5.20. The van der Waals surface area contributed by atoms with Crippen LogP contribution in [0, 0.1) is 5.92 Å². The zero-order valence-corrected chi connectivity index (χ0v) is 20.5. The molecule has 1 aliphatic carbocycles. The lowest BCUT2D eigenvalue weighted by molar-refractivity contribution is -0.133. The molecular formula is C28H26N6O4. The molecular weight excluding hydrogens is 484 g/mol. The number of imidazole rings is 1. The first-order valence-electron chi connectivity index (χ1n) is 12.8. The number of likely N-dealkylation sites (tertiary alicyclic amines) is 1. The van der Waals surface area contributed by atoms with E-state index in [4.69, 9.17) is 14.4 Å². The molecule has 7 rings (SSSR count). The fourth-order valence-electron chi connectivity index (χ4n) is 5.24. The summed E-state index contributed by atoms with van der Waals surface area (Å²) < 4.78 is 7.33. The number of aromatic hydroxyl groups is 2. The number of hydrogen-bond acceptors (Lipinski definition) is 8. The number of amides is 1. The average Bonchev–Trinajstić information content (AvgIpc) is 3.56. The van der Waals surface area contributed by atoms with Gasteiger partial charge in [0.2, 0.25) is 11.9 Å². The van der Waals surface area contributed by atoms with Crippen LogP contribution >= 0.6 is 0 Å². The Morgan fingerprint density at radius 3 is 2.76 bits per heavy atom. The molecule has 1 unspecified atom stereocenters. The van der Waals surface area contributed by atoms with E-state index in [0.717, 1.165) is 48.8 Å². The van der Waals surface area contributed by atoms with Gasteiger partial charge in [-0.3, -0.25) is 9.36 Å². The standard InChI is InChI=1S/C28H26N6O4/c35-22-13-20-21(14-23(22)36)34(26(31-20)18-5-6-24-17(12-18)8-11-38-24)25-7-9-29-28(32-25)30-19-2-1-10-33(15-19)27(37)16-3-4-16/h5-9,11-14,16,19,35-36H,1-4,10,15H2,(H,29,30,32). The van der Waals surface area contributed by atoms with E-state index in [-0.39, 0.29) is 29.4 Å². The van der Waals surface area contributed by atoms with E-state index in [0.29, 0.717) is 35.2 Å². The maximum Gasteiger partial charge on any atom is 0.225 e. The normalized spacial score (nSPS) is 17.8. The Morgan fingerprint density at radius 1 is 1.03 bits per heavy atom. The first kappa shape index (κ1) is 22.6. The lowest BCUT2D eigenvalue weighted by Gasteiger charge is -2.33. The molecule has 2 aromatic carbocycles. The molecule has 2 aliphatic rings. The van der Waals surface area contributed by atoms with Crippen molar-refractivity contribution in [2.45, 2.75) is 31.7 Å². The van der Waals surface area contributed by atoms with Crippen LogP contribution < -0.4 is 5.32 Å². The minimum Gasteiger partial charge on any atom is -0.504 e. The van der Waals surface area contributed by atoms with Gasteiger partial charge in [-0.1, -0.05) is 0 Å². The highest BCUT2D eigenvalue weighted by molar-refractivity contribution is 5.88. The summed E-state index contributed by atoms with van der Waals surface area (Å²) in [5.74, 6) is 1.58. The number of phenols is 2. The summed E-state index contributed by atoms with van der Waals surface area (Å²) in [6.07, 6.45) is 7.18. The van der Waals surface area contributed by atoms with Gasteiger partial charge in [0, 0.05) is 54.3 Å². The first-order chi connectivity index (χ1) is 18.5. The molecule has 5 aromatic rings. The van der Waals surface area contributed by atoms with Gasteiger partial charge in [0.15, 0.2) is 11.5 Å². The van der Waals surface area contributed by atoms with Crippen molar-refractivity contribution in [1.82, 2.24) is 24.4 Å². The van der Waals surface area contributed by atoms with Crippen LogP contribution in [-0.2, 0) is 4.79 Å². The fraction of sp³-hybridized carbons (Fsp3) is 0.286. The maximum atomic E-state index is 12.6. The van der Waals surface area contributed by atoms with Crippen molar-refractivity contribution in [3.63, 3.8) is 0 Å². The van der Waals surface area contributed by atoms with Crippen molar-refractivity contribution < 1.29 is 19.4 Å². The molecule has 38 heavy (non-hydrogen) atoms.